The number of anilines is 1. The minimum absolute atomic E-state index is 0.0438. The molecule has 16 heteroatoms. The maximum atomic E-state index is 15.2. The minimum Gasteiger partial charge on any atom is -0.497 e. The van der Waals surface area contributed by atoms with Gasteiger partial charge in [0.15, 0.2) is 11.6 Å². The van der Waals surface area contributed by atoms with Gasteiger partial charge in [0, 0.05) is 41.6 Å². The van der Waals surface area contributed by atoms with Gasteiger partial charge in [-0.3, -0.25) is 14.6 Å². The lowest BCUT2D eigenvalue weighted by Crippen LogP contribution is -2.43. The molecule has 0 saturated heterocycles. The Hall–Kier alpha value is -6.81. The van der Waals surface area contributed by atoms with Gasteiger partial charge in [0.1, 0.15) is 23.1 Å². The van der Waals surface area contributed by atoms with E-state index in [1.807, 2.05) is 0 Å². The van der Waals surface area contributed by atoms with Crippen molar-refractivity contribution in [2.45, 2.75) is 26.8 Å². The molecule has 1 amide bonds. The molecule has 0 fully saturated rings. The summed E-state index contributed by atoms with van der Waals surface area (Å²) in [6.45, 7) is 4.96. The smallest absolute Gasteiger partial charge is 0.351 e. The van der Waals surface area contributed by atoms with Crippen molar-refractivity contribution >= 4 is 40.4 Å². The van der Waals surface area contributed by atoms with E-state index in [9.17, 15) is 24.0 Å². The molecule has 0 spiro atoms. The first-order valence-corrected chi connectivity index (χ1v) is 15.4. The quantitative estimate of drug-likeness (QED) is 0.141. The van der Waals surface area contributed by atoms with E-state index in [1.165, 1.54) is 25.3 Å². The number of nitrogens with two attached hydrogens (primary N) is 1. The number of carbonyl (C=O) groups is 4. The Morgan fingerprint density at radius 3 is 2.21 bits per heavy atom. The zero-order chi connectivity index (χ0) is 38.1. The number of nitrogens with one attached hydrogen (secondary N) is 1. The number of pyridine rings is 1. The van der Waals surface area contributed by atoms with Crippen LogP contribution in [0.15, 0.2) is 95.9 Å². The molecule has 1 atom stereocenters. The normalized spacial score (nSPS) is 11.4. The van der Waals surface area contributed by atoms with Crippen LogP contribution in [0.5, 0.6) is 17.2 Å². The van der Waals surface area contributed by atoms with Gasteiger partial charge in [0.25, 0.3) is 11.5 Å². The summed E-state index contributed by atoms with van der Waals surface area (Å²) in [6, 6.07) is 18.1. The molecule has 0 aliphatic carbocycles. The topological polar surface area (TPSA) is 214 Å². The van der Waals surface area contributed by atoms with Gasteiger partial charge in [-0.1, -0.05) is 32.0 Å². The highest BCUT2D eigenvalue weighted by atomic mass is 19.1. The number of rotatable bonds is 11. The van der Waals surface area contributed by atoms with E-state index in [0.717, 1.165) is 15.6 Å². The molecule has 0 saturated carbocycles. The number of methoxy groups -OCH3 is 1. The van der Waals surface area contributed by atoms with Gasteiger partial charge in [0.2, 0.25) is 0 Å². The van der Waals surface area contributed by atoms with Crippen molar-refractivity contribution in [2.24, 2.45) is 11.7 Å². The Labute approximate surface area is 295 Å². The molecule has 5 N–H and O–H groups in total. The summed E-state index contributed by atoms with van der Waals surface area (Å²) in [7, 11) is 1.55. The lowest BCUT2D eigenvalue weighted by molar-refractivity contribution is -0.149. The second-order valence-electron chi connectivity index (χ2n) is 11.3. The van der Waals surface area contributed by atoms with E-state index in [-0.39, 0.29) is 28.6 Å². The van der Waals surface area contributed by atoms with Crippen LogP contribution in [-0.2, 0) is 14.4 Å². The molecule has 0 aliphatic heterocycles. The summed E-state index contributed by atoms with van der Waals surface area (Å²) < 4.78 is 27.3. The highest BCUT2D eigenvalue weighted by Crippen LogP contribution is 2.33. The van der Waals surface area contributed by atoms with Crippen molar-refractivity contribution in [3.8, 4) is 22.9 Å². The fourth-order valence-electron chi connectivity index (χ4n) is 4.60. The standard InChI is InChI=1S/C32H30FN5O6.C4H4O4/c1-18(2)29(34)32(41)44-38-19(3)28(31(40)37(38)21-8-6-5-7-9-21)30(39)36-20-10-13-27(24(33)16-20)43-26-14-15-35-25-17-22(42-4)11-12-23(25)26;5-3(6)1-2-4(7)8/h5-18,29H,34H2,1-4H3,(H,36,39);1-2H,(H,5,6)(H,7,8)/b;2-1-/t29-;/m0./s1. The summed E-state index contributed by atoms with van der Waals surface area (Å²) in [5.41, 5.74) is 5.97. The van der Waals surface area contributed by atoms with Gasteiger partial charge in [-0.25, -0.2) is 18.8 Å². The number of para-hydroxylation sites is 1. The second-order valence-corrected chi connectivity index (χ2v) is 11.3. The summed E-state index contributed by atoms with van der Waals surface area (Å²) in [5.74, 6) is -4.22. The van der Waals surface area contributed by atoms with E-state index >= 15 is 4.39 Å². The highest BCUT2D eigenvalue weighted by molar-refractivity contribution is 6.05. The number of halogens is 1. The number of fused-ring (bicyclic) bond motifs is 1. The Bertz CT molecular complexity index is 2200. The SMILES string of the molecule is COc1ccc2c(Oc3ccc(NC(=O)c4c(C)n(OC(=O)[C@@H](N)C(C)C)n(-c5ccccc5)c4=O)cc3F)ccnc2c1.O=C(O)/C=C\C(=O)O. The van der Waals surface area contributed by atoms with E-state index in [0.29, 0.717) is 40.2 Å². The van der Waals surface area contributed by atoms with E-state index in [1.54, 1.807) is 75.6 Å². The number of carboxylic acids is 2. The number of hydrogen-bond donors (Lipinski definition) is 4. The molecule has 0 radical (unpaired) electrons. The van der Waals surface area contributed by atoms with Crippen molar-refractivity contribution in [3.05, 3.63) is 119 Å². The third-order valence-electron chi connectivity index (χ3n) is 7.32. The van der Waals surface area contributed by atoms with Gasteiger partial charge in [0.05, 0.1) is 24.0 Å². The number of amides is 1. The molecule has 270 valence electrons. The fourth-order valence-corrected chi connectivity index (χ4v) is 4.60. The van der Waals surface area contributed by atoms with Crippen molar-refractivity contribution in [1.29, 1.82) is 0 Å². The van der Waals surface area contributed by atoms with Gasteiger partial charge >= 0.3 is 17.9 Å². The Kier molecular flexibility index (Phi) is 12.2. The average Bonchev–Trinajstić information content (AvgIpc) is 3.36. The van der Waals surface area contributed by atoms with Crippen LogP contribution in [0.25, 0.3) is 16.6 Å². The van der Waals surface area contributed by atoms with Gasteiger partial charge in [-0.15, -0.1) is 4.85 Å². The van der Waals surface area contributed by atoms with Crippen LogP contribution in [-0.4, -0.2) is 61.7 Å². The number of carboxylic acid groups (broad SMARTS) is 2. The zero-order valence-corrected chi connectivity index (χ0v) is 28.3. The van der Waals surface area contributed by atoms with Crippen molar-refractivity contribution in [1.82, 2.24) is 14.5 Å². The van der Waals surface area contributed by atoms with E-state index in [4.69, 9.17) is 30.3 Å². The summed E-state index contributed by atoms with van der Waals surface area (Å²) in [5, 5.41) is 18.8. The van der Waals surface area contributed by atoms with Crippen LogP contribution in [0.4, 0.5) is 10.1 Å². The molecule has 0 aliphatic rings. The molecule has 3 aromatic carbocycles. The lowest BCUT2D eigenvalue weighted by atomic mass is 10.1. The number of carbonyl (C=O) groups excluding carboxylic acids is 2. The summed E-state index contributed by atoms with van der Waals surface area (Å²) in [4.78, 5) is 69.5. The molecular formula is C36H34FN5O10. The summed E-state index contributed by atoms with van der Waals surface area (Å²) in [6.07, 6.45) is 2.65. The molecule has 2 aromatic heterocycles. The molecule has 0 unspecified atom stereocenters. The Morgan fingerprint density at radius 1 is 0.942 bits per heavy atom. The second kappa shape index (κ2) is 16.7. The third-order valence-corrected chi connectivity index (χ3v) is 7.32. The van der Waals surface area contributed by atoms with Crippen LogP contribution in [0.3, 0.4) is 0 Å². The molecule has 5 rings (SSSR count). The number of aromatic nitrogens is 3. The predicted octanol–water partition coefficient (Wildman–Crippen LogP) is 4.34. The number of ether oxygens (including phenoxy) is 2. The molecule has 2 heterocycles. The third kappa shape index (κ3) is 9.05. The lowest BCUT2D eigenvalue weighted by Gasteiger charge is -2.17. The number of nitrogens with zero attached hydrogens (tertiary/aromatic N) is 3. The molecule has 15 nitrogen and oxygen atoms in total. The maximum Gasteiger partial charge on any atom is 0.351 e. The van der Waals surface area contributed by atoms with Crippen LogP contribution in [0.1, 0.15) is 29.9 Å². The molecule has 52 heavy (non-hydrogen) atoms. The first-order chi connectivity index (χ1) is 24.7. The monoisotopic (exact) mass is 715 g/mol. The molecular weight excluding hydrogens is 681 g/mol. The first-order valence-electron chi connectivity index (χ1n) is 15.4. The maximum absolute atomic E-state index is 15.2. The van der Waals surface area contributed by atoms with Gasteiger partial charge in [-0.2, -0.15) is 4.68 Å². The van der Waals surface area contributed by atoms with Crippen molar-refractivity contribution < 1.29 is 48.1 Å². The fraction of sp³-hybridized carbons (Fsp3) is 0.167. The van der Waals surface area contributed by atoms with E-state index in [2.05, 4.69) is 10.3 Å². The first kappa shape index (κ1) is 38.0. The van der Waals surface area contributed by atoms with Crippen LogP contribution in [0, 0.1) is 18.7 Å². The van der Waals surface area contributed by atoms with E-state index < -0.39 is 41.2 Å². The Morgan fingerprint density at radius 2 is 1.62 bits per heavy atom. The van der Waals surface area contributed by atoms with Gasteiger partial charge < -0.3 is 35.6 Å². The number of benzene rings is 3. The Balaban J connectivity index is 0.000000677. The van der Waals surface area contributed by atoms with Crippen molar-refractivity contribution in [3.63, 3.8) is 0 Å². The largest absolute Gasteiger partial charge is 0.497 e. The van der Waals surface area contributed by atoms with Crippen LogP contribution < -0.4 is 30.9 Å². The van der Waals surface area contributed by atoms with Crippen LogP contribution >= 0.6 is 0 Å². The van der Waals surface area contributed by atoms with Gasteiger partial charge in [-0.05, 0) is 55.3 Å². The highest BCUT2D eigenvalue weighted by Gasteiger charge is 2.28. The minimum atomic E-state index is -1.26. The molecule has 5 aromatic rings. The number of hydrogen-bond acceptors (Lipinski definition) is 10. The summed E-state index contributed by atoms with van der Waals surface area (Å²) >= 11 is 0. The number of aliphatic carboxylic acids is 2. The predicted molar refractivity (Wildman–Crippen MR) is 186 cm³/mol. The zero-order valence-electron chi connectivity index (χ0n) is 28.3. The average molecular weight is 716 g/mol. The molecule has 0 bridgehead atoms. The van der Waals surface area contributed by atoms with Crippen LogP contribution in [0.2, 0.25) is 0 Å². The van der Waals surface area contributed by atoms with Crippen molar-refractivity contribution in [2.75, 3.05) is 12.4 Å².